The van der Waals surface area contributed by atoms with Crippen LogP contribution in [0.15, 0.2) is 65.7 Å². The molecule has 86 valence electrons. The van der Waals surface area contributed by atoms with Crippen molar-refractivity contribution in [3.8, 4) is 0 Å². The molecule has 0 radical (unpaired) electrons. The quantitative estimate of drug-likeness (QED) is 0.692. The molecule has 2 aromatic carbocycles. The number of aliphatic imine (C=N–C) groups is 1. The summed E-state index contributed by atoms with van der Waals surface area (Å²) in [4.78, 5) is 4.70. The Morgan fingerprint density at radius 2 is 1.47 bits per heavy atom. The second-order valence-electron chi connectivity index (χ2n) is 3.97. The van der Waals surface area contributed by atoms with Gasteiger partial charge in [0.2, 0.25) is 0 Å². The van der Waals surface area contributed by atoms with Gasteiger partial charge in [-0.15, -0.1) is 0 Å². The van der Waals surface area contributed by atoms with Crippen molar-refractivity contribution in [1.82, 2.24) is 0 Å². The van der Waals surface area contributed by atoms with Crippen LogP contribution >= 0.6 is 0 Å². The zero-order valence-electron chi connectivity index (χ0n) is 10.1. The van der Waals surface area contributed by atoms with E-state index in [0.717, 1.165) is 13.0 Å². The van der Waals surface area contributed by atoms with Crippen molar-refractivity contribution >= 4 is 5.71 Å². The SMILES string of the molecule is CCC(=NCc1ccccc1)c1ccccc1. The molecule has 1 nitrogen and oxygen atoms in total. The van der Waals surface area contributed by atoms with Crippen molar-refractivity contribution < 1.29 is 0 Å². The second-order valence-corrected chi connectivity index (χ2v) is 3.97. The molecule has 0 unspecified atom stereocenters. The summed E-state index contributed by atoms with van der Waals surface area (Å²) in [6.07, 6.45) is 0.969. The molecule has 0 aliphatic heterocycles. The zero-order valence-corrected chi connectivity index (χ0v) is 10.1. The molecule has 1 heteroatoms. The van der Waals surface area contributed by atoms with Crippen molar-refractivity contribution in [2.75, 3.05) is 0 Å². The Hall–Kier alpha value is -1.89. The van der Waals surface area contributed by atoms with E-state index in [4.69, 9.17) is 4.99 Å². The first kappa shape index (κ1) is 11.6. The van der Waals surface area contributed by atoms with Gasteiger partial charge < -0.3 is 0 Å². The minimum atomic E-state index is 0.763. The highest BCUT2D eigenvalue weighted by Crippen LogP contribution is 2.07. The molecule has 0 spiro atoms. The highest BCUT2D eigenvalue weighted by Gasteiger charge is 1.99. The van der Waals surface area contributed by atoms with Crippen molar-refractivity contribution in [3.05, 3.63) is 71.8 Å². The molecular formula is C16H17N. The molecule has 0 fully saturated rings. The van der Waals surface area contributed by atoms with E-state index in [1.165, 1.54) is 16.8 Å². The van der Waals surface area contributed by atoms with Crippen LogP contribution < -0.4 is 0 Å². The molecule has 0 aliphatic carbocycles. The van der Waals surface area contributed by atoms with E-state index in [0.29, 0.717) is 0 Å². The molecular weight excluding hydrogens is 206 g/mol. The number of hydrogen-bond donors (Lipinski definition) is 0. The van der Waals surface area contributed by atoms with Gasteiger partial charge in [0.05, 0.1) is 6.54 Å². The van der Waals surface area contributed by atoms with Gasteiger partial charge in [0, 0.05) is 5.71 Å². The fraction of sp³-hybridized carbons (Fsp3) is 0.188. The maximum atomic E-state index is 4.70. The molecule has 2 rings (SSSR count). The lowest BCUT2D eigenvalue weighted by Gasteiger charge is -2.04. The molecule has 0 saturated carbocycles. The number of rotatable bonds is 4. The van der Waals surface area contributed by atoms with Gasteiger partial charge in [0.25, 0.3) is 0 Å². The van der Waals surface area contributed by atoms with Crippen LogP contribution in [0.3, 0.4) is 0 Å². The molecule has 0 amide bonds. The van der Waals surface area contributed by atoms with Gasteiger partial charge in [-0.1, -0.05) is 67.6 Å². The van der Waals surface area contributed by atoms with Crippen molar-refractivity contribution in [2.45, 2.75) is 19.9 Å². The van der Waals surface area contributed by atoms with Crippen LogP contribution in [0.5, 0.6) is 0 Å². The van der Waals surface area contributed by atoms with Gasteiger partial charge in [0.1, 0.15) is 0 Å². The smallest absolute Gasteiger partial charge is 0.0643 e. The fourth-order valence-electron chi connectivity index (χ4n) is 1.81. The van der Waals surface area contributed by atoms with Gasteiger partial charge in [0.15, 0.2) is 0 Å². The molecule has 0 aliphatic rings. The Kier molecular flexibility index (Phi) is 4.09. The van der Waals surface area contributed by atoms with E-state index in [-0.39, 0.29) is 0 Å². The Balaban J connectivity index is 2.14. The van der Waals surface area contributed by atoms with E-state index in [2.05, 4.69) is 55.5 Å². The Labute approximate surface area is 103 Å². The van der Waals surface area contributed by atoms with E-state index >= 15 is 0 Å². The lowest BCUT2D eigenvalue weighted by molar-refractivity contribution is 1.05. The van der Waals surface area contributed by atoms with Crippen LogP contribution in [0.25, 0.3) is 0 Å². The van der Waals surface area contributed by atoms with Crippen LogP contribution in [0.1, 0.15) is 24.5 Å². The normalized spacial score (nSPS) is 11.5. The summed E-state index contributed by atoms with van der Waals surface area (Å²) in [5, 5.41) is 0. The summed E-state index contributed by atoms with van der Waals surface area (Å²) in [6, 6.07) is 20.8. The van der Waals surface area contributed by atoms with Crippen LogP contribution in [-0.4, -0.2) is 5.71 Å². The highest BCUT2D eigenvalue weighted by molar-refractivity contribution is 6.00. The topological polar surface area (TPSA) is 12.4 Å². The standard InChI is InChI=1S/C16H17N/c1-2-16(15-11-7-4-8-12-15)17-13-14-9-5-3-6-10-14/h3-12H,2,13H2,1H3. The zero-order chi connectivity index (χ0) is 11.9. The Morgan fingerprint density at radius 3 is 2.06 bits per heavy atom. The lowest BCUT2D eigenvalue weighted by atomic mass is 10.1. The predicted octanol–water partition coefficient (Wildman–Crippen LogP) is 4.09. The van der Waals surface area contributed by atoms with Crippen molar-refractivity contribution in [3.63, 3.8) is 0 Å². The minimum Gasteiger partial charge on any atom is -0.284 e. The van der Waals surface area contributed by atoms with Crippen molar-refractivity contribution in [2.24, 2.45) is 4.99 Å². The highest BCUT2D eigenvalue weighted by atomic mass is 14.7. The van der Waals surface area contributed by atoms with E-state index in [1.54, 1.807) is 0 Å². The monoisotopic (exact) mass is 223 g/mol. The maximum Gasteiger partial charge on any atom is 0.0643 e. The van der Waals surface area contributed by atoms with Crippen LogP contribution in [0, 0.1) is 0 Å². The largest absolute Gasteiger partial charge is 0.284 e. The first-order valence-electron chi connectivity index (χ1n) is 6.03. The molecule has 0 saturated heterocycles. The third-order valence-electron chi connectivity index (χ3n) is 2.74. The fourth-order valence-corrected chi connectivity index (χ4v) is 1.81. The van der Waals surface area contributed by atoms with Crippen LogP contribution in [-0.2, 0) is 6.54 Å². The Morgan fingerprint density at radius 1 is 0.882 bits per heavy atom. The summed E-state index contributed by atoms with van der Waals surface area (Å²) in [7, 11) is 0. The lowest BCUT2D eigenvalue weighted by Crippen LogP contribution is -1.99. The van der Waals surface area contributed by atoms with Gasteiger partial charge in [-0.2, -0.15) is 0 Å². The van der Waals surface area contributed by atoms with Gasteiger partial charge in [-0.3, -0.25) is 4.99 Å². The molecule has 0 heterocycles. The number of nitrogens with zero attached hydrogens (tertiary/aromatic N) is 1. The average Bonchev–Trinajstić information content (AvgIpc) is 2.42. The number of hydrogen-bond acceptors (Lipinski definition) is 1. The molecule has 17 heavy (non-hydrogen) atoms. The summed E-state index contributed by atoms with van der Waals surface area (Å²) in [6.45, 7) is 2.91. The van der Waals surface area contributed by atoms with Gasteiger partial charge >= 0.3 is 0 Å². The van der Waals surface area contributed by atoms with Gasteiger partial charge in [-0.25, -0.2) is 0 Å². The van der Waals surface area contributed by atoms with E-state index < -0.39 is 0 Å². The van der Waals surface area contributed by atoms with E-state index in [1.807, 2.05) is 12.1 Å². The maximum absolute atomic E-state index is 4.70. The first-order chi connectivity index (χ1) is 8.40. The Bertz CT molecular complexity index is 471. The van der Waals surface area contributed by atoms with Crippen molar-refractivity contribution in [1.29, 1.82) is 0 Å². The predicted molar refractivity (Wildman–Crippen MR) is 73.4 cm³/mol. The summed E-state index contributed by atoms with van der Waals surface area (Å²) in [5.41, 5.74) is 3.66. The second kappa shape index (κ2) is 6.00. The van der Waals surface area contributed by atoms with E-state index in [9.17, 15) is 0 Å². The van der Waals surface area contributed by atoms with Gasteiger partial charge in [-0.05, 0) is 17.5 Å². The minimum absolute atomic E-state index is 0.763. The summed E-state index contributed by atoms with van der Waals surface area (Å²) in [5.74, 6) is 0. The molecule has 0 bridgehead atoms. The molecule has 0 aromatic heterocycles. The summed E-state index contributed by atoms with van der Waals surface area (Å²) >= 11 is 0. The molecule has 0 N–H and O–H groups in total. The van der Waals surface area contributed by atoms with Crippen LogP contribution in [0.2, 0.25) is 0 Å². The third kappa shape index (κ3) is 3.28. The number of benzene rings is 2. The molecule has 0 atom stereocenters. The summed E-state index contributed by atoms with van der Waals surface area (Å²) < 4.78 is 0. The average molecular weight is 223 g/mol. The third-order valence-corrected chi connectivity index (χ3v) is 2.74. The molecule has 2 aromatic rings. The first-order valence-corrected chi connectivity index (χ1v) is 6.03. The van der Waals surface area contributed by atoms with Crippen LogP contribution in [0.4, 0.5) is 0 Å².